The first-order valence-electron chi connectivity index (χ1n) is 12.8. The summed E-state index contributed by atoms with van der Waals surface area (Å²) in [5.74, 6) is -0.550. The van der Waals surface area contributed by atoms with E-state index in [2.05, 4.69) is 66.8 Å². The van der Waals surface area contributed by atoms with Crippen molar-refractivity contribution < 1.29 is 14.3 Å². The van der Waals surface area contributed by atoms with Crippen molar-refractivity contribution in [3.63, 3.8) is 0 Å². The van der Waals surface area contributed by atoms with Crippen LogP contribution in [-0.4, -0.2) is 19.0 Å². The van der Waals surface area contributed by atoms with Gasteiger partial charge in [0.25, 0.3) is 5.91 Å². The second-order valence-electron chi connectivity index (χ2n) is 13.2. The highest BCUT2D eigenvalue weighted by Crippen LogP contribution is 2.56. The largest absolute Gasteiger partial charge is 0.465 e. The molecular weight excluding hydrogens is 434 g/mol. The number of hydrogen-bond donors (Lipinski definition) is 1. The topological polar surface area (TPSA) is 55.4 Å². The molecule has 4 nitrogen and oxygen atoms in total. The predicted molar refractivity (Wildman–Crippen MR) is 143 cm³/mol. The van der Waals surface area contributed by atoms with Crippen molar-refractivity contribution in [2.75, 3.05) is 12.4 Å². The van der Waals surface area contributed by atoms with E-state index < -0.39 is 5.97 Å². The lowest BCUT2D eigenvalue weighted by Gasteiger charge is -2.49. The Morgan fingerprint density at radius 1 is 0.686 bits per heavy atom. The summed E-state index contributed by atoms with van der Waals surface area (Å²) in [5, 5.41) is 3.41. The van der Waals surface area contributed by atoms with Gasteiger partial charge in [0.1, 0.15) is 0 Å². The van der Waals surface area contributed by atoms with Crippen LogP contribution in [0.5, 0.6) is 0 Å². The van der Waals surface area contributed by atoms with Crippen LogP contribution < -0.4 is 5.32 Å². The minimum atomic E-state index is -0.406. The summed E-state index contributed by atoms with van der Waals surface area (Å²) in [5.41, 5.74) is 7.28. The van der Waals surface area contributed by atoms with E-state index in [0.29, 0.717) is 11.1 Å². The summed E-state index contributed by atoms with van der Waals surface area (Å²) in [6, 6.07) is 9.18. The molecule has 0 atom stereocenters. The number of rotatable bonds is 3. The Morgan fingerprint density at radius 2 is 1.09 bits per heavy atom. The fourth-order valence-corrected chi connectivity index (χ4v) is 6.11. The molecule has 2 aromatic rings. The molecule has 188 valence electrons. The van der Waals surface area contributed by atoms with E-state index in [9.17, 15) is 9.59 Å². The number of esters is 1. The van der Waals surface area contributed by atoms with E-state index in [1.54, 1.807) is 24.3 Å². The number of carbonyl (C=O) groups is 2. The molecule has 2 aliphatic rings. The van der Waals surface area contributed by atoms with Crippen LogP contribution in [0.2, 0.25) is 0 Å². The third-order valence-electron chi connectivity index (χ3n) is 8.70. The van der Waals surface area contributed by atoms with Crippen molar-refractivity contribution in [2.45, 2.75) is 103 Å². The van der Waals surface area contributed by atoms with Crippen LogP contribution in [0.1, 0.15) is 124 Å². The second-order valence-corrected chi connectivity index (χ2v) is 13.2. The molecule has 0 saturated carbocycles. The molecule has 1 N–H and O–H groups in total. The van der Waals surface area contributed by atoms with Gasteiger partial charge in [-0.3, -0.25) is 4.79 Å². The normalized spacial score (nSPS) is 20.8. The summed E-state index contributed by atoms with van der Waals surface area (Å²) in [4.78, 5) is 25.5. The summed E-state index contributed by atoms with van der Waals surface area (Å²) in [7, 11) is 1.36. The lowest BCUT2D eigenvalue weighted by Crippen LogP contribution is -2.41. The number of fused-ring (bicyclic) bond motifs is 2. The molecule has 1 amide bonds. The third kappa shape index (κ3) is 4.30. The van der Waals surface area contributed by atoms with Gasteiger partial charge in [-0.1, -0.05) is 61.5 Å². The van der Waals surface area contributed by atoms with E-state index in [1.165, 1.54) is 29.4 Å². The molecule has 4 rings (SSSR count). The highest BCUT2D eigenvalue weighted by molar-refractivity contribution is 6.06. The Labute approximate surface area is 210 Å². The SMILES string of the molecule is COC(=O)c1ccc(C(=O)Nc2c3c(cc4c2C(C)(C)CCC4(C)C)C(C)(C)CCC3(C)C)cc1. The molecule has 0 fully saturated rings. The summed E-state index contributed by atoms with van der Waals surface area (Å²) < 4.78 is 4.80. The first-order chi connectivity index (χ1) is 16.1. The molecule has 0 heterocycles. The minimum absolute atomic E-state index is 0.0409. The number of carbonyl (C=O) groups excluding carboxylic acids is 2. The number of methoxy groups -OCH3 is 1. The summed E-state index contributed by atoms with van der Waals surface area (Å²) in [6.45, 7) is 18.6. The standard InChI is InChI=1S/C31H41NO3/c1-28(2)14-16-30(5,6)23-21(28)18-22-24(31(7,8)17-15-29(22,3)4)25(23)32-26(33)19-10-12-20(13-11-19)27(34)35-9/h10-13,18H,14-17H2,1-9H3,(H,32,33). The zero-order valence-electron chi connectivity index (χ0n) is 22.9. The molecule has 35 heavy (non-hydrogen) atoms. The number of ether oxygens (including phenoxy) is 1. The van der Waals surface area contributed by atoms with E-state index in [-0.39, 0.29) is 27.6 Å². The van der Waals surface area contributed by atoms with Gasteiger partial charge in [-0.25, -0.2) is 4.79 Å². The van der Waals surface area contributed by atoms with Crippen molar-refractivity contribution in [3.8, 4) is 0 Å². The van der Waals surface area contributed by atoms with Crippen molar-refractivity contribution in [1.29, 1.82) is 0 Å². The number of anilines is 1. The van der Waals surface area contributed by atoms with Gasteiger partial charge in [0.2, 0.25) is 0 Å². The van der Waals surface area contributed by atoms with Gasteiger partial charge >= 0.3 is 5.97 Å². The van der Waals surface area contributed by atoms with Crippen LogP contribution in [0.3, 0.4) is 0 Å². The molecule has 2 aliphatic carbocycles. The maximum absolute atomic E-state index is 13.7. The van der Waals surface area contributed by atoms with Crippen LogP contribution in [0, 0.1) is 0 Å². The predicted octanol–water partition coefficient (Wildman–Crippen LogP) is 7.42. The fourth-order valence-electron chi connectivity index (χ4n) is 6.11. The molecule has 0 saturated heterocycles. The van der Waals surface area contributed by atoms with Crippen LogP contribution >= 0.6 is 0 Å². The molecule has 0 aromatic heterocycles. The van der Waals surface area contributed by atoms with Gasteiger partial charge in [0, 0.05) is 11.3 Å². The quantitative estimate of drug-likeness (QED) is 0.470. The Bertz CT molecular complexity index is 1130. The molecule has 0 spiro atoms. The Morgan fingerprint density at radius 3 is 1.51 bits per heavy atom. The second kappa shape index (κ2) is 8.21. The van der Waals surface area contributed by atoms with E-state index in [0.717, 1.165) is 31.4 Å². The fraction of sp³-hybridized carbons (Fsp3) is 0.548. The number of benzene rings is 2. The maximum Gasteiger partial charge on any atom is 0.337 e. The lowest BCUT2D eigenvalue weighted by molar-refractivity contribution is 0.0600. The third-order valence-corrected chi connectivity index (χ3v) is 8.70. The molecular formula is C31H41NO3. The van der Waals surface area contributed by atoms with Gasteiger partial charge < -0.3 is 10.1 Å². The summed E-state index contributed by atoms with van der Waals surface area (Å²) in [6.07, 6.45) is 4.40. The molecule has 0 aliphatic heterocycles. The molecule has 0 unspecified atom stereocenters. The van der Waals surface area contributed by atoms with E-state index in [4.69, 9.17) is 4.74 Å². The van der Waals surface area contributed by atoms with Gasteiger partial charge in [-0.05, 0) is 93.9 Å². The van der Waals surface area contributed by atoms with Crippen LogP contribution in [0.25, 0.3) is 0 Å². The van der Waals surface area contributed by atoms with Crippen LogP contribution in [0.4, 0.5) is 5.69 Å². The van der Waals surface area contributed by atoms with Crippen molar-refractivity contribution in [1.82, 2.24) is 0 Å². The Kier molecular flexibility index (Phi) is 5.98. The minimum Gasteiger partial charge on any atom is -0.465 e. The van der Waals surface area contributed by atoms with Crippen LogP contribution in [-0.2, 0) is 26.4 Å². The average Bonchev–Trinajstić information content (AvgIpc) is 2.79. The van der Waals surface area contributed by atoms with Crippen molar-refractivity contribution >= 4 is 17.6 Å². The highest BCUT2D eigenvalue weighted by Gasteiger charge is 2.46. The molecule has 4 heteroatoms. The van der Waals surface area contributed by atoms with Gasteiger partial charge in [-0.15, -0.1) is 0 Å². The number of nitrogens with one attached hydrogen (secondary N) is 1. The van der Waals surface area contributed by atoms with Crippen molar-refractivity contribution in [2.24, 2.45) is 0 Å². The van der Waals surface area contributed by atoms with Crippen molar-refractivity contribution in [3.05, 3.63) is 63.7 Å². The smallest absolute Gasteiger partial charge is 0.337 e. The molecule has 0 bridgehead atoms. The van der Waals surface area contributed by atoms with E-state index >= 15 is 0 Å². The Balaban J connectivity index is 1.93. The molecule has 0 radical (unpaired) electrons. The van der Waals surface area contributed by atoms with Gasteiger partial charge in [0.05, 0.1) is 12.7 Å². The average molecular weight is 476 g/mol. The zero-order valence-corrected chi connectivity index (χ0v) is 22.9. The monoisotopic (exact) mass is 475 g/mol. The van der Waals surface area contributed by atoms with Crippen LogP contribution in [0.15, 0.2) is 30.3 Å². The number of hydrogen-bond acceptors (Lipinski definition) is 3. The van der Waals surface area contributed by atoms with E-state index in [1.807, 2.05) is 0 Å². The Hall–Kier alpha value is -2.62. The van der Waals surface area contributed by atoms with Gasteiger partial charge in [-0.2, -0.15) is 0 Å². The lowest BCUT2D eigenvalue weighted by atomic mass is 9.56. The highest BCUT2D eigenvalue weighted by atomic mass is 16.5. The number of amides is 1. The maximum atomic E-state index is 13.7. The van der Waals surface area contributed by atoms with Gasteiger partial charge in [0.15, 0.2) is 0 Å². The first kappa shape index (κ1) is 25.5. The zero-order chi connectivity index (χ0) is 26.0. The first-order valence-corrected chi connectivity index (χ1v) is 12.8. The summed E-state index contributed by atoms with van der Waals surface area (Å²) >= 11 is 0. The molecule has 2 aromatic carbocycles.